The van der Waals surface area contributed by atoms with E-state index in [9.17, 15) is 8.78 Å². The second-order valence-corrected chi connectivity index (χ2v) is 6.33. The molecule has 0 saturated carbocycles. The third-order valence-corrected chi connectivity index (χ3v) is 5.02. The summed E-state index contributed by atoms with van der Waals surface area (Å²) in [4.78, 5) is 0.853. The number of nitrogens with one attached hydrogen (secondary N) is 1. The summed E-state index contributed by atoms with van der Waals surface area (Å²) in [7, 11) is 1.39. The molecule has 1 N–H and O–H groups in total. The van der Waals surface area contributed by atoms with Gasteiger partial charge in [-0.3, -0.25) is 0 Å². The molecule has 0 aliphatic heterocycles. The zero-order valence-electron chi connectivity index (χ0n) is 11.8. The third-order valence-electron chi connectivity index (χ3n) is 3.08. The van der Waals surface area contributed by atoms with Crippen molar-refractivity contribution in [2.24, 2.45) is 0 Å². The lowest BCUT2D eigenvalue weighted by molar-refractivity contribution is 0.403. The first-order valence-electron chi connectivity index (χ1n) is 6.57. The van der Waals surface area contributed by atoms with E-state index in [1.54, 1.807) is 0 Å². The maximum absolute atomic E-state index is 14.3. The van der Waals surface area contributed by atoms with Crippen LogP contribution in [0.4, 0.5) is 8.78 Å². The minimum atomic E-state index is -0.610. The molecule has 0 bridgehead atoms. The van der Waals surface area contributed by atoms with Crippen molar-refractivity contribution in [1.82, 2.24) is 5.32 Å². The van der Waals surface area contributed by atoms with Crippen molar-refractivity contribution >= 4 is 27.3 Å². The highest BCUT2D eigenvalue weighted by Gasteiger charge is 2.25. The molecule has 0 radical (unpaired) electrons. The Morgan fingerprint density at radius 1 is 1.33 bits per heavy atom. The summed E-state index contributed by atoms with van der Waals surface area (Å²) in [5.74, 6) is -1.05. The van der Waals surface area contributed by atoms with Crippen LogP contribution >= 0.6 is 27.3 Å². The fraction of sp³-hybridized carbons (Fsp3) is 0.333. The van der Waals surface area contributed by atoms with Crippen LogP contribution in [0.3, 0.4) is 0 Å². The summed E-state index contributed by atoms with van der Waals surface area (Å²) in [6.07, 6.45) is 0.874. The second kappa shape index (κ2) is 7.33. The Kier molecular flexibility index (Phi) is 5.72. The molecule has 1 atom stereocenters. The van der Waals surface area contributed by atoms with Crippen LogP contribution in [0.5, 0.6) is 5.75 Å². The van der Waals surface area contributed by atoms with Crippen LogP contribution in [-0.2, 0) is 0 Å². The van der Waals surface area contributed by atoms with Gasteiger partial charge in [-0.2, -0.15) is 0 Å². The highest BCUT2D eigenvalue weighted by atomic mass is 79.9. The molecule has 0 amide bonds. The summed E-state index contributed by atoms with van der Waals surface area (Å²) in [5.41, 5.74) is 0.0207. The van der Waals surface area contributed by atoms with Gasteiger partial charge in [0.15, 0.2) is 0 Å². The number of hydrogen-bond acceptors (Lipinski definition) is 3. The summed E-state index contributed by atoms with van der Waals surface area (Å²) in [5, 5.41) is 5.10. The van der Waals surface area contributed by atoms with Crippen LogP contribution in [0.25, 0.3) is 0 Å². The van der Waals surface area contributed by atoms with Gasteiger partial charge in [0.25, 0.3) is 0 Å². The summed E-state index contributed by atoms with van der Waals surface area (Å²) < 4.78 is 34.4. The summed E-state index contributed by atoms with van der Waals surface area (Å²) >= 11 is 4.89. The Morgan fingerprint density at radius 2 is 2.00 bits per heavy atom. The molecule has 1 unspecified atom stereocenters. The van der Waals surface area contributed by atoms with Crippen LogP contribution in [0, 0.1) is 11.6 Å². The molecule has 6 heteroatoms. The first-order valence-corrected chi connectivity index (χ1v) is 8.25. The van der Waals surface area contributed by atoms with Gasteiger partial charge >= 0.3 is 0 Å². The lowest BCUT2D eigenvalue weighted by Gasteiger charge is -2.20. The van der Waals surface area contributed by atoms with Gasteiger partial charge in [-0.1, -0.05) is 6.92 Å². The van der Waals surface area contributed by atoms with Crippen LogP contribution < -0.4 is 10.1 Å². The van der Waals surface area contributed by atoms with Crippen molar-refractivity contribution in [2.75, 3.05) is 13.7 Å². The van der Waals surface area contributed by atoms with Crippen molar-refractivity contribution < 1.29 is 13.5 Å². The van der Waals surface area contributed by atoms with Gasteiger partial charge in [-0.05, 0) is 40.3 Å². The van der Waals surface area contributed by atoms with Gasteiger partial charge in [0.05, 0.1) is 13.2 Å². The van der Waals surface area contributed by atoms with E-state index in [0.29, 0.717) is 6.54 Å². The number of methoxy groups -OCH3 is 1. The minimum absolute atomic E-state index is 0.0207. The van der Waals surface area contributed by atoms with Crippen molar-refractivity contribution in [2.45, 2.75) is 19.4 Å². The third kappa shape index (κ3) is 3.62. The first-order chi connectivity index (χ1) is 10.1. The van der Waals surface area contributed by atoms with E-state index in [1.807, 2.05) is 18.4 Å². The quantitative estimate of drug-likeness (QED) is 0.776. The van der Waals surface area contributed by atoms with Crippen molar-refractivity contribution in [1.29, 1.82) is 0 Å². The molecule has 0 fully saturated rings. The van der Waals surface area contributed by atoms with E-state index in [4.69, 9.17) is 4.74 Å². The van der Waals surface area contributed by atoms with E-state index in [-0.39, 0.29) is 11.3 Å². The number of ether oxygens (including phenoxy) is 1. The highest BCUT2D eigenvalue weighted by Crippen LogP contribution is 2.36. The monoisotopic (exact) mass is 375 g/mol. The predicted molar refractivity (Wildman–Crippen MR) is 85.1 cm³/mol. The number of rotatable bonds is 6. The fourth-order valence-electron chi connectivity index (χ4n) is 2.08. The molecule has 1 aromatic heterocycles. The van der Waals surface area contributed by atoms with E-state index in [1.165, 1.54) is 30.6 Å². The van der Waals surface area contributed by atoms with E-state index >= 15 is 0 Å². The largest absolute Gasteiger partial charge is 0.497 e. The molecule has 0 saturated heterocycles. The Balaban J connectivity index is 2.49. The second-order valence-electron chi connectivity index (χ2n) is 4.52. The first kappa shape index (κ1) is 16.4. The van der Waals surface area contributed by atoms with Crippen molar-refractivity contribution in [3.8, 4) is 5.75 Å². The van der Waals surface area contributed by atoms with Gasteiger partial charge in [0, 0.05) is 27.0 Å². The van der Waals surface area contributed by atoms with Crippen LogP contribution in [0.2, 0.25) is 0 Å². The smallest absolute Gasteiger partial charge is 0.134 e. The molecule has 0 aliphatic rings. The predicted octanol–water partition coefficient (Wildman–Crippen LogP) is 4.89. The van der Waals surface area contributed by atoms with Gasteiger partial charge in [-0.15, -0.1) is 11.3 Å². The molecule has 2 aromatic rings. The molecular formula is C15H16BrF2NOS. The van der Waals surface area contributed by atoms with Crippen LogP contribution in [-0.4, -0.2) is 13.7 Å². The Labute approximate surface area is 135 Å². The van der Waals surface area contributed by atoms with E-state index in [2.05, 4.69) is 21.2 Å². The van der Waals surface area contributed by atoms with E-state index < -0.39 is 17.7 Å². The fourth-order valence-corrected chi connectivity index (χ4v) is 3.77. The molecule has 21 heavy (non-hydrogen) atoms. The maximum atomic E-state index is 14.3. The average Bonchev–Trinajstić information content (AvgIpc) is 2.87. The number of benzene rings is 1. The minimum Gasteiger partial charge on any atom is -0.497 e. The average molecular weight is 376 g/mol. The Bertz CT molecular complexity index is 594. The van der Waals surface area contributed by atoms with Gasteiger partial charge in [-0.25, -0.2) is 8.78 Å². The molecule has 2 nitrogen and oxygen atoms in total. The van der Waals surface area contributed by atoms with E-state index in [0.717, 1.165) is 15.8 Å². The van der Waals surface area contributed by atoms with Gasteiger partial charge in [0.2, 0.25) is 0 Å². The summed E-state index contributed by atoms with van der Waals surface area (Å²) in [6.45, 7) is 2.67. The van der Waals surface area contributed by atoms with Gasteiger partial charge in [0.1, 0.15) is 17.4 Å². The number of hydrogen-bond donors (Lipinski definition) is 1. The molecular weight excluding hydrogens is 360 g/mol. The molecule has 1 aromatic carbocycles. The van der Waals surface area contributed by atoms with Crippen LogP contribution in [0.1, 0.15) is 29.8 Å². The topological polar surface area (TPSA) is 21.3 Å². The molecule has 114 valence electrons. The normalized spacial score (nSPS) is 12.4. The zero-order chi connectivity index (χ0) is 15.4. The molecule has 1 heterocycles. The lowest BCUT2D eigenvalue weighted by atomic mass is 10.0. The molecule has 0 spiro atoms. The molecule has 0 aliphatic carbocycles. The van der Waals surface area contributed by atoms with Gasteiger partial charge < -0.3 is 10.1 Å². The lowest BCUT2D eigenvalue weighted by Crippen LogP contribution is -2.24. The number of halogens is 3. The SMILES string of the molecule is CCCNC(c1sccc1Br)c1c(F)cc(OC)cc1F. The zero-order valence-corrected chi connectivity index (χ0v) is 14.2. The standard InChI is InChI=1S/C15H16BrF2NOS/c1-3-5-19-14(15-10(16)4-6-21-15)13-11(17)7-9(20-2)8-12(13)18/h4,6-8,14,19H,3,5H2,1-2H3. The van der Waals surface area contributed by atoms with Crippen molar-refractivity contribution in [3.05, 3.63) is 50.1 Å². The number of thiophene rings is 1. The Morgan fingerprint density at radius 3 is 2.48 bits per heavy atom. The highest BCUT2D eigenvalue weighted by molar-refractivity contribution is 9.10. The van der Waals surface area contributed by atoms with Crippen LogP contribution in [0.15, 0.2) is 28.1 Å². The Hall–Kier alpha value is -0.980. The summed E-state index contributed by atoms with van der Waals surface area (Å²) in [6, 6.07) is 3.77. The molecule has 2 rings (SSSR count). The van der Waals surface area contributed by atoms with Crippen molar-refractivity contribution in [3.63, 3.8) is 0 Å². The maximum Gasteiger partial charge on any atom is 0.134 e.